The molecule has 3 nitrogen and oxygen atoms in total. The Kier molecular flexibility index (Phi) is 4.96. The van der Waals surface area contributed by atoms with Crippen LogP contribution in [0.1, 0.15) is 29.7 Å². The highest BCUT2D eigenvalue weighted by Gasteiger charge is 2.45. The number of aliphatic hydroxyl groups is 1. The average Bonchev–Trinajstić information content (AvgIpc) is 2.67. The molecule has 1 atom stereocenters. The largest absolute Gasteiger partial charge is 0.446 e. The van der Waals surface area contributed by atoms with Crippen LogP contribution in [0.2, 0.25) is 0 Å². The minimum atomic E-state index is -1.32. The number of hydrogen-bond acceptors (Lipinski definition) is 3. The number of aliphatic hydroxyl groups excluding tert-OH is 1. The molecule has 0 aliphatic heterocycles. The highest BCUT2D eigenvalue weighted by atomic mass is 16.6. The minimum Gasteiger partial charge on any atom is -0.446 e. The van der Waals surface area contributed by atoms with Crippen LogP contribution in [0.4, 0.5) is 0 Å². The van der Waals surface area contributed by atoms with E-state index in [9.17, 15) is 9.90 Å². The fourth-order valence-electron chi connectivity index (χ4n) is 3.12. The lowest BCUT2D eigenvalue weighted by molar-refractivity contribution is -0.166. The smallest absolute Gasteiger partial charge is 0.303 e. The Morgan fingerprint density at radius 1 is 0.800 bits per heavy atom. The van der Waals surface area contributed by atoms with Crippen molar-refractivity contribution in [3.05, 3.63) is 108 Å². The van der Waals surface area contributed by atoms with Gasteiger partial charge in [-0.3, -0.25) is 4.79 Å². The molecule has 0 aliphatic rings. The van der Waals surface area contributed by atoms with Crippen LogP contribution in [0.3, 0.4) is 0 Å². The highest BCUT2D eigenvalue weighted by molar-refractivity contribution is 5.68. The van der Waals surface area contributed by atoms with Gasteiger partial charge in [-0.05, 0) is 5.56 Å². The molecule has 3 rings (SSSR count). The number of benzene rings is 3. The second kappa shape index (κ2) is 7.32. The third-order valence-corrected chi connectivity index (χ3v) is 4.21. The minimum absolute atomic E-state index is 0.456. The average molecular weight is 332 g/mol. The second-order valence-electron chi connectivity index (χ2n) is 5.87. The summed E-state index contributed by atoms with van der Waals surface area (Å²) in [7, 11) is 0. The van der Waals surface area contributed by atoms with Crippen LogP contribution in [-0.4, -0.2) is 11.1 Å². The third kappa shape index (κ3) is 3.32. The normalized spacial score (nSPS) is 12.4. The fraction of sp³-hybridized carbons (Fsp3) is 0.136. The Labute approximate surface area is 147 Å². The van der Waals surface area contributed by atoms with Crippen molar-refractivity contribution in [1.29, 1.82) is 0 Å². The van der Waals surface area contributed by atoms with Crippen molar-refractivity contribution in [2.75, 3.05) is 0 Å². The molecule has 1 N–H and O–H groups in total. The number of hydrogen-bond donors (Lipinski definition) is 1. The molecule has 0 radical (unpaired) electrons. The van der Waals surface area contributed by atoms with Crippen molar-refractivity contribution >= 4 is 5.97 Å². The van der Waals surface area contributed by atoms with Gasteiger partial charge in [0.2, 0.25) is 0 Å². The standard InChI is InChI=1S/C22H20O3/c1-17(23)25-22(19-13-7-3-8-14-19,20-15-9-4-10-16-20)21(24)18-11-5-2-6-12-18/h2-16,21,24H,1H3/t21-/m0/s1. The van der Waals surface area contributed by atoms with Gasteiger partial charge in [-0.25, -0.2) is 0 Å². The molecular formula is C22H20O3. The summed E-state index contributed by atoms with van der Waals surface area (Å²) in [5.74, 6) is -0.456. The van der Waals surface area contributed by atoms with E-state index in [0.29, 0.717) is 16.7 Å². The highest BCUT2D eigenvalue weighted by Crippen LogP contribution is 2.44. The first-order chi connectivity index (χ1) is 12.1. The van der Waals surface area contributed by atoms with Gasteiger partial charge in [0, 0.05) is 18.1 Å². The zero-order valence-electron chi connectivity index (χ0n) is 14.0. The molecule has 0 aromatic heterocycles. The zero-order chi connectivity index (χ0) is 17.7. The maximum absolute atomic E-state index is 12.0. The number of carbonyl (C=O) groups excluding carboxylic acids is 1. The predicted octanol–water partition coefficient (Wildman–Crippen LogP) is 4.23. The molecule has 3 heteroatoms. The van der Waals surface area contributed by atoms with Crippen LogP contribution in [0, 0.1) is 0 Å². The number of ether oxygens (including phenoxy) is 1. The van der Waals surface area contributed by atoms with Gasteiger partial charge < -0.3 is 9.84 Å². The first-order valence-electron chi connectivity index (χ1n) is 8.18. The molecule has 0 fully saturated rings. The summed E-state index contributed by atoms with van der Waals surface area (Å²) in [6.45, 7) is 1.36. The maximum Gasteiger partial charge on any atom is 0.303 e. The van der Waals surface area contributed by atoms with Crippen LogP contribution < -0.4 is 0 Å². The second-order valence-corrected chi connectivity index (χ2v) is 5.87. The van der Waals surface area contributed by atoms with Crippen molar-refractivity contribution in [2.24, 2.45) is 0 Å². The molecule has 25 heavy (non-hydrogen) atoms. The van der Waals surface area contributed by atoms with Gasteiger partial charge >= 0.3 is 5.97 Å². The van der Waals surface area contributed by atoms with Gasteiger partial charge in [0.05, 0.1) is 0 Å². The van der Waals surface area contributed by atoms with Crippen molar-refractivity contribution in [3.63, 3.8) is 0 Å². The molecule has 0 unspecified atom stereocenters. The summed E-state index contributed by atoms with van der Waals surface area (Å²) in [4.78, 5) is 12.0. The Balaban J connectivity index is 2.27. The van der Waals surface area contributed by atoms with Gasteiger partial charge in [-0.15, -0.1) is 0 Å². The van der Waals surface area contributed by atoms with Crippen molar-refractivity contribution in [2.45, 2.75) is 18.6 Å². The third-order valence-electron chi connectivity index (χ3n) is 4.21. The number of carbonyl (C=O) groups is 1. The van der Waals surface area contributed by atoms with Gasteiger partial charge in [-0.1, -0.05) is 91.0 Å². The van der Waals surface area contributed by atoms with E-state index in [4.69, 9.17) is 4.74 Å². The fourth-order valence-corrected chi connectivity index (χ4v) is 3.12. The molecule has 3 aromatic rings. The van der Waals surface area contributed by atoms with E-state index in [0.717, 1.165) is 0 Å². The summed E-state index contributed by atoms with van der Waals surface area (Å²) in [5, 5.41) is 11.3. The number of rotatable bonds is 5. The van der Waals surface area contributed by atoms with E-state index in [1.807, 2.05) is 91.0 Å². The van der Waals surface area contributed by atoms with E-state index in [2.05, 4.69) is 0 Å². The molecule has 0 amide bonds. The molecule has 0 spiro atoms. The molecule has 0 aliphatic carbocycles. The summed E-state index contributed by atoms with van der Waals surface area (Å²) in [6, 6.07) is 28.0. The summed E-state index contributed by atoms with van der Waals surface area (Å²) < 4.78 is 5.84. The van der Waals surface area contributed by atoms with Crippen LogP contribution in [0.25, 0.3) is 0 Å². The Bertz CT molecular complexity index is 774. The molecular weight excluding hydrogens is 312 g/mol. The van der Waals surface area contributed by atoms with Gasteiger partial charge in [-0.2, -0.15) is 0 Å². The topological polar surface area (TPSA) is 46.5 Å². The van der Waals surface area contributed by atoms with Crippen LogP contribution >= 0.6 is 0 Å². The Hall–Kier alpha value is -2.91. The quantitative estimate of drug-likeness (QED) is 0.711. The van der Waals surface area contributed by atoms with Crippen molar-refractivity contribution in [3.8, 4) is 0 Å². The lowest BCUT2D eigenvalue weighted by atomic mass is 9.78. The molecule has 0 saturated heterocycles. The van der Waals surface area contributed by atoms with Crippen LogP contribution in [-0.2, 0) is 15.1 Å². The first-order valence-corrected chi connectivity index (χ1v) is 8.18. The van der Waals surface area contributed by atoms with E-state index < -0.39 is 17.7 Å². The van der Waals surface area contributed by atoms with Crippen LogP contribution in [0.15, 0.2) is 91.0 Å². The Morgan fingerprint density at radius 2 is 1.20 bits per heavy atom. The van der Waals surface area contributed by atoms with E-state index >= 15 is 0 Å². The van der Waals surface area contributed by atoms with E-state index in [-0.39, 0.29) is 0 Å². The molecule has 126 valence electrons. The molecule has 0 bridgehead atoms. The molecule has 0 heterocycles. The summed E-state index contributed by atoms with van der Waals surface area (Å²) in [6.07, 6.45) is -1.05. The van der Waals surface area contributed by atoms with Crippen molar-refractivity contribution < 1.29 is 14.6 Å². The Morgan fingerprint density at radius 3 is 1.60 bits per heavy atom. The van der Waals surface area contributed by atoms with E-state index in [1.165, 1.54) is 6.92 Å². The maximum atomic E-state index is 12.0. The molecule has 0 saturated carbocycles. The summed E-state index contributed by atoms with van der Waals surface area (Å²) in [5.41, 5.74) is 0.785. The van der Waals surface area contributed by atoms with Gasteiger partial charge in [0.15, 0.2) is 5.60 Å². The summed E-state index contributed by atoms with van der Waals surface area (Å²) >= 11 is 0. The number of esters is 1. The monoisotopic (exact) mass is 332 g/mol. The van der Waals surface area contributed by atoms with Gasteiger partial charge in [0.1, 0.15) is 6.10 Å². The predicted molar refractivity (Wildman–Crippen MR) is 96.8 cm³/mol. The van der Waals surface area contributed by atoms with Crippen molar-refractivity contribution in [1.82, 2.24) is 0 Å². The zero-order valence-corrected chi connectivity index (χ0v) is 14.0. The lowest BCUT2D eigenvalue weighted by Gasteiger charge is -2.38. The SMILES string of the molecule is CC(=O)OC(c1ccccc1)(c1ccccc1)[C@@H](O)c1ccccc1. The van der Waals surface area contributed by atoms with E-state index in [1.54, 1.807) is 0 Å². The van der Waals surface area contributed by atoms with Crippen LogP contribution in [0.5, 0.6) is 0 Å². The molecule has 3 aromatic carbocycles. The lowest BCUT2D eigenvalue weighted by Crippen LogP contribution is -2.39. The van der Waals surface area contributed by atoms with Gasteiger partial charge in [0.25, 0.3) is 0 Å². The first kappa shape index (κ1) is 16.9.